The van der Waals surface area contributed by atoms with Crippen molar-refractivity contribution in [3.05, 3.63) is 54.6 Å². The standard InChI is InChI=1S/C16H13O/c1-2-17-16-8-7-14-9-12-5-3-4-6-13(12)10-15(14)11-16/h3-10H,2H2,1H3. The van der Waals surface area contributed by atoms with Gasteiger partial charge < -0.3 is 4.74 Å². The third-order valence-corrected chi connectivity index (χ3v) is 2.89. The molecule has 0 spiro atoms. The van der Waals surface area contributed by atoms with Gasteiger partial charge in [0.1, 0.15) is 5.75 Å². The van der Waals surface area contributed by atoms with Crippen LogP contribution in [0.1, 0.15) is 6.92 Å². The number of hydrogen-bond acceptors (Lipinski definition) is 1. The fourth-order valence-corrected chi connectivity index (χ4v) is 2.08. The lowest BCUT2D eigenvalue weighted by atomic mass is 10.0. The van der Waals surface area contributed by atoms with Gasteiger partial charge in [0.05, 0.1) is 6.61 Å². The Hall–Kier alpha value is -2.02. The van der Waals surface area contributed by atoms with E-state index in [1.54, 1.807) is 0 Å². The van der Waals surface area contributed by atoms with Crippen LogP contribution in [0, 0.1) is 6.07 Å². The van der Waals surface area contributed by atoms with E-state index in [0.717, 1.165) is 11.1 Å². The Labute approximate surface area is 101 Å². The average molecular weight is 221 g/mol. The van der Waals surface area contributed by atoms with Crippen molar-refractivity contribution in [1.82, 2.24) is 0 Å². The van der Waals surface area contributed by atoms with Gasteiger partial charge in [-0.3, -0.25) is 0 Å². The first-order chi connectivity index (χ1) is 8.36. The zero-order valence-electron chi connectivity index (χ0n) is 9.73. The third kappa shape index (κ3) is 1.84. The molecule has 0 atom stereocenters. The predicted octanol–water partition coefficient (Wildman–Crippen LogP) is 4.19. The first kappa shape index (κ1) is 10.2. The molecule has 3 aromatic rings. The maximum atomic E-state index is 5.47. The lowest BCUT2D eigenvalue weighted by Crippen LogP contribution is -1.91. The van der Waals surface area contributed by atoms with Crippen LogP contribution in [-0.4, -0.2) is 6.61 Å². The smallest absolute Gasteiger partial charge is 0.127 e. The van der Waals surface area contributed by atoms with Crippen LogP contribution in [0.3, 0.4) is 0 Å². The second-order valence-electron chi connectivity index (χ2n) is 4.04. The van der Waals surface area contributed by atoms with E-state index in [4.69, 9.17) is 4.74 Å². The summed E-state index contributed by atoms with van der Waals surface area (Å²) in [5.41, 5.74) is 0. The second kappa shape index (κ2) is 4.10. The van der Waals surface area contributed by atoms with Crippen molar-refractivity contribution >= 4 is 21.5 Å². The monoisotopic (exact) mass is 221 g/mol. The van der Waals surface area contributed by atoms with E-state index in [2.05, 4.69) is 48.5 Å². The largest absolute Gasteiger partial charge is 0.493 e. The first-order valence-electron chi connectivity index (χ1n) is 5.84. The highest BCUT2D eigenvalue weighted by Gasteiger charge is 2.00. The Balaban J connectivity index is 2.25. The van der Waals surface area contributed by atoms with Crippen LogP contribution >= 0.6 is 0 Å². The van der Waals surface area contributed by atoms with E-state index < -0.39 is 0 Å². The molecule has 0 aliphatic carbocycles. The summed E-state index contributed by atoms with van der Waals surface area (Å²) in [5.74, 6) is 0.815. The van der Waals surface area contributed by atoms with Crippen molar-refractivity contribution in [2.24, 2.45) is 0 Å². The van der Waals surface area contributed by atoms with Gasteiger partial charge in [0.25, 0.3) is 0 Å². The minimum Gasteiger partial charge on any atom is -0.493 e. The van der Waals surface area contributed by atoms with Crippen molar-refractivity contribution in [3.8, 4) is 5.75 Å². The van der Waals surface area contributed by atoms with E-state index >= 15 is 0 Å². The molecule has 83 valence electrons. The van der Waals surface area contributed by atoms with Crippen LogP contribution in [0.4, 0.5) is 0 Å². The molecular formula is C16H13O. The fraction of sp³-hybridized carbons (Fsp3) is 0.125. The van der Waals surface area contributed by atoms with Crippen molar-refractivity contribution in [1.29, 1.82) is 0 Å². The molecule has 0 saturated carbocycles. The molecule has 0 saturated heterocycles. The Kier molecular flexibility index (Phi) is 2.45. The van der Waals surface area contributed by atoms with Crippen LogP contribution in [0.2, 0.25) is 0 Å². The summed E-state index contributed by atoms with van der Waals surface area (Å²) in [5, 5.41) is 4.81. The van der Waals surface area contributed by atoms with Gasteiger partial charge >= 0.3 is 0 Å². The lowest BCUT2D eigenvalue weighted by Gasteiger charge is -2.05. The first-order valence-corrected chi connectivity index (χ1v) is 5.84. The lowest BCUT2D eigenvalue weighted by molar-refractivity contribution is 0.340. The van der Waals surface area contributed by atoms with E-state index in [-0.39, 0.29) is 0 Å². The number of benzene rings is 3. The molecule has 0 aliphatic rings. The number of rotatable bonds is 2. The molecule has 3 rings (SSSR count). The minimum atomic E-state index is 0.676. The minimum absolute atomic E-state index is 0.676. The third-order valence-electron chi connectivity index (χ3n) is 2.89. The fourth-order valence-electron chi connectivity index (χ4n) is 2.08. The molecule has 0 amide bonds. The van der Waals surface area contributed by atoms with Crippen LogP contribution in [0.15, 0.2) is 48.5 Å². The highest BCUT2D eigenvalue weighted by Crippen LogP contribution is 2.25. The Morgan fingerprint density at radius 2 is 1.71 bits per heavy atom. The SMILES string of the molecule is CCOc1[c]c2cc3ccccc3cc2cc1. The van der Waals surface area contributed by atoms with E-state index in [1.165, 1.54) is 16.2 Å². The summed E-state index contributed by atoms with van der Waals surface area (Å²) in [4.78, 5) is 0. The van der Waals surface area contributed by atoms with Crippen LogP contribution in [0.5, 0.6) is 5.75 Å². The summed E-state index contributed by atoms with van der Waals surface area (Å²) in [6.45, 7) is 2.66. The van der Waals surface area contributed by atoms with Gasteiger partial charge in [-0.15, -0.1) is 0 Å². The van der Waals surface area contributed by atoms with Gasteiger partial charge in [-0.25, -0.2) is 0 Å². The maximum absolute atomic E-state index is 5.47. The van der Waals surface area contributed by atoms with Crippen molar-refractivity contribution in [2.75, 3.05) is 6.61 Å². The van der Waals surface area contributed by atoms with Gasteiger partial charge in [0, 0.05) is 6.07 Å². The van der Waals surface area contributed by atoms with Gasteiger partial charge in [-0.1, -0.05) is 30.3 Å². The van der Waals surface area contributed by atoms with Crippen LogP contribution in [-0.2, 0) is 0 Å². The normalized spacial score (nSPS) is 10.9. The molecule has 0 aliphatic heterocycles. The molecular weight excluding hydrogens is 208 g/mol. The summed E-state index contributed by atoms with van der Waals surface area (Å²) in [6, 6.07) is 20.1. The van der Waals surface area contributed by atoms with Crippen molar-refractivity contribution < 1.29 is 4.74 Å². The molecule has 3 aromatic carbocycles. The van der Waals surface area contributed by atoms with E-state index in [9.17, 15) is 0 Å². The van der Waals surface area contributed by atoms with E-state index in [1.807, 2.05) is 13.0 Å². The zero-order chi connectivity index (χ0) is 11.7. The molecule has 0 aromatic heterocycles. The van der Waals surface area contributed by atoms with Crippen LogP contribution < -0.4 is 4.74 Å². The summed E-state index contributed by atoms with van der Waals surface area (Å²) in [7, 11) is 0. The summed E-state index contributed by atoms with van der Waals surface area (Å²) >= 11 is 0. The molecule has 0 fully saturated rings. The van der Waals surface area contributed by atoms with E-state index in [0.29, 0.717) is 6.61 Å². The molecule has 1 nitrogen and oxygen atoms in total. The number of hydrogen-bond donors (Lipinski definition) is 0. The maximum Gasteiger partial charge on any atom is 0.127 e. The van der Waals surface area contributed by atoms with Gasteiger partial charge in [0.15, 0.2) is 0 Å². The average Bonchev–Trinajstić information content (AvgIpc) is 2.36. The quantitative estimate of drug-likeness (QED) is 0.589. The topological polar surface area (TPSA) is 9.23 Å². The zero-order valence-corrected chi connectivity index (χ0v) is 9.73. The molecule has 0 heterocycles. The Morgan fingerprint density at radius 1 is 0.941 bits per heavy atom. The highest BCUT2D eigenvalue weighted by atomic mass is 16.5. The molecule has 0 unspecified atom stereocenters. The molecule has 1 radical (unpaired) electrons. The molecule has 17 heavy (non-hydrogen) atoms. The Bertz CT molecular complexity index is 670. The van der Waals surface area contributed by atoms with Crippen LogP contribution in [0.25, 0.3) is 21.5 Å². The number of ether oxygens (including phenoxy) is 1. The molecule has 0 bridgehead atoms. The molecule has 1 heteroatoms. The molecule has 0 N–H and O–H groups in total. The Morgan fingerprint density at radius 3 is 2.47 bits per heavy atom. The summed E-state index contributed by atoms with van der Waals surface area (Å²) in [6.07, 6.45) is 0. The van der Waals surface area contributed by atoms with Crippen molar-refractivity contribution in [3.63, 3.8) is 0 Å². The highest BCUT2D eigenvalue weighted by molar-refractivity contribution is 5.98. The predicted molar refractivity (Wildman–Crippen MR) is 71.5 cm³/mol. The van der Waals surface area contributed by atoms with Gasteiger partial charge in [-0.05, 0) is 46.7 Å². The van der Waals surface area contributed by atoms with Crippen molar-refractivity contribution in [2.45, 2.75) is 6.92 Å². The van der Waals surface area contributed by atoms with Gasteiger partial charge in [0.2, 0.25) is 0 Å². The van der Waals surface area contributed by atoms with Gasteiger partial charge in [-0.2, -0.15) is 0 Å². The number of fused-ring (bicyclic) bond motifs is 2. The second-order valence-corrected chi connectivity index (χ2v) is 4.04. The summed E-state index contributed by atoms with van der Waals surface area (Å²) < 4.78 is 5.47.